The van der Waals surface area contributed by atoms with Gasteiger partial charge in [-0.15, -0.1) is 0 Å². The molecule has 2 rings (SSSR count). The molecule has 2 aromatic carbocycles. The van der Waals surface area contributed by atoms with Crippen LogP contribution in [0.4, 0.5) is 10.5 Å². The molecule has 2 aromatic rings. The van der Waals surface area contributed by atoms with Crippen LogP contribution in [0.15, 0.2) is 42.5 Å². The Balaban J connectivity index is 1.82. The zero-order chi connectivity index (χ0) is 18.1. The second-order valence-corrected chi connectivity index (χ2v) is 5.60. The predicted octanol–water partition coefficient (Wildman–Crippen LogP) is 4.02. The normalized spacial score (nSPS) is 10.2. The van der Waals surface area contributed by atoms with E-state index in [4.69, 9.17) is 9.47 Å². The van der Waals surface area contributed by atoms with E-state index in [0.717, 1.165) is 23.4 Å². The summed E-state index contributed by atoms with van der Waals surface area (Å²) in [6.07, 6.45) is 1.70. The summed E-state index contributed by atoms with van der Waals surface area (Å²) in [6, 6.07) is 13.5. The van der Waals surface area contributed by atoms with Gasteiger partial charge in [0.15, 0.2) is 11.5 Å². The maximum absolute atomic E-state index is 12.0. The van der Waals surface area contributed by atoms with Crippen LogP contribution in [-0.4, -0.2) is 26.3 Å². The molecule has 25 heavy (non-hydrogen) atoms. The monoisotopic (exact) mass is 342 g/mol. The molecule has 0 radical (unpaired) electrons. The fourth-order valence-corrected chi connectivity index (χ4v) is 2.46. The van der Waals surface area contributed by atoms with Crippen molar-refractivity contribution in [2.24, 2.45) is 0 Å². The molecule has 0 saturated carbocycles. The van der Waals surface area contributed by atoms with Crippen LogP contribution >= 0.6 is 0 Å². The van der Waals surface area contributed by atoms with Gasteiger partial charge in [-0.3, -0.25) is 0 Å². The van der Waals surface area contributed by atoms with E-state index in [2.05, 4.69) is 17.6 Å². The van der Waals surface area contributed by atoms with Gasteiger partial charge in [0.2, 0.25) is 0 Å². The first-order chi connectivity index (χ1) is 12.2. The topological polar surface area (TPSA) is 59.6 Å². The molecule has 2 N–H and O–H groups in total. The fourth-order valence-electron chi connectivity index (χ4n) is 2.46. The number of rotatable bonds is 8. The van der Waals surface area contributed by atoms with Crippen molar-refractivity contribution in [1.29, 1.82) is 0 Å². The van der Waals surface area contributed by atoms with Crippen molar-refractivity contribution in [3.05, 3.63) is 53.6 Å². The number of aryl methyl sites for hydroxylation is 1. The summed E-state index contributed by atoms with van der Waals surface area (Å²) < 4.78 is 10.8. The number of benzene rings is 2. The third kappa shape index (κ3) is 5.71. The molecule has 0 aliphatic rings. The third-order valence-electron chi connectivity index (χ3n) is 3.85. The van der Waals surface area contributed by atoms with Crippen molar-refractivity contribution in [1.82, 2.24) is 5.32 Å². The van der Waals surface area contributed by atoms with Crippen molar-refractivity contribution in [2.45, 2.75) is 26.7 Å². The number of nitrogens with one attached hydrogen (secondary N) is 2. The molecule has 134 valence electrons. The Morgan fingerprint density at radius 1 is 1.00 bits per heavy atom. The molecule has 0 aromatic heterocycles. The van der Waals surface area contributed by atoms with E-state index in [9.17, 15) is 4.79 Å². The van der Waals surface area contributed by atoms with E-state index in [1.165, 1.54) is 5.56 Å². The highest BCUT2D eigenvalue weighted by Crippen LogP contribution is 2.28. The molecule has 0 aliphatic carbocycles. The molecule has 0 saturated heterocycles. The first-order valence-electron chi connectivity index (χ1n) is 8.59. The summed E-state index contributed by atoms with van der Waals surface area (Å²) >= 11 is 0. The van der Waals surface area contributed by atoms with Crippen molar-refractivity contribution < 1.29 is 14.3 Å². The molecule has 5 nitrogen and oxygen atoms in total. The number of ether oxygens (including phenoxy) is 2. The van der Waals surface area contributed by atoms with Crippen LogP contribution in [0, 0.1) is 0 Å². The molecule has 0 atom stereocenters. The quantitative estimate of drug-likeness (QED) is 0.762. The smallest absolute Gasteiger partial charge is 0.319 e. The number of hydrogen-bond acceptors (Lipinski definition) is 3. The first kappa shape index (κ1) is 18.6. The van der Waals surface area contributed by atoms with Crippen LogP contribution in [0.5, 0.6) is 11.5 Å². The van der Waals surface area contributed by atoms with Crippen molar-refractivity contribution >= 4 is 11.7 Å². The first-order valence-corrected chi connectivity index (χ1v) is 8.59. The van der Waals surface area contributed by atoms with Gasteiger partial charge >= 0.3 is 6.03 Å². The molecular weight excluding hydrogens is 316 g/mol. The summed E-state index contributed by atoms with van der Waals surface area (Å²) in [4.78, 5) is 12.0. The number of carbonyl (C=O) groups is 1. The molecule has 0 fully saturated rings. The summed E-state index contributed by atoms with van der Waals surface area (Å²) in [5, 5.41) is 5.70. The van der Waals surface area contributed by atoms with Gasteiger partial charge in [0, 0.05) is 12.2 Å². The Hall–Kier alpha value is -2.69. The third-order valence-corrected chi connectivity index (χ3v) is 3.85. The Morgan fingerprint density at radius 3 is 2.36 bits per heavy atom. The molecular formula is C20H26N2O3. The minimum absolute atomic E-state index is 0.206. The number of urea groups is 1. The molecule has 0 spiro atoms. The highest BCUT2D eigenvalue weighted by molar-refractivity contribution is 5.89. The molecule has 0 unspecified atom stereocenters. The zero-order valence-electron chi connectivity index (χ0n) is 15.1. The van der Waals surface area contributed by atoms with E-state index in [-0.39, 0.29) is 6.03 Å². The van der Waals surface area contributed by atoms with Crippen molar-refractivity contribution in [3.63, 3.8) is 0 Å². The number of methoxy groups -OCH3 is 1. The molecule has 5 heteroatoms. The van der Waals surface area contributed by atoms with E-state index >= 15 is 0 Å². The lowest BCUT2D eigenvalue weighted by Gasteiger charge is -2.12. The minimum Gasteiger partial charge on any atom is -0.493 e. The van der Waals surface area contributed by atoms with Gasteiger partial charge in [0.05, 0.1) is 13.7 Å². The summed E-state index contributed by atoms with van der Waals surface area (Å²) in [5.41, 5.74) is 3.11. The average molecular weight is 342 g/mol. The van der Waals surface area contributed by atoms with Crippen molar-refractivity contribution in [3.8, 4) is 11.5 Å². The molecule has 0 aliphatic heterocycles. The Morgan fingerprint density at radius 2 is 1.72 bits per heavy atom. The van der Waals surface area contributed by atoms with E-state index in [1.54, 1.807) is 7.11 Å². The van der Waals surface area contributed by atoms with Gasteiger partial charge in [-0.2, -0.15) is 0 Å². The van der Waals surface area contributed by atoms with Crippen LogP contribution in [-0.2, 0) is 12.8 Å². The number of amides is 2. The molecule has 0 bridgehead atoms. The Labute approximate surface area is 149 Å². The highest BCUT2D eigenvalue weighted by Gasteiger charge is 2.06. The number of carbonyl (C=O) groups excluding carboxylic acids is 1. The van der Waals surface area contributed by atoms with E-state index < -0.39 is 0 Å². The number of anilines is 1. The maximum atomic E-state index is 12.0. The largest absolute Gasteiger partial charge is 0.493 e. The van der Waals surface area contributed by atoms with Crippen LogP contribution in [0.25, 0.3) is 0 Å². The second-order valence-electron chi connectivity index (χ2n) is 5.60. The highest BCUT2D eigenvalue weighted by atomic mass is 16.5. The SMILES string of the molecule is CCOc1ccc(CCNC(=O)Nc2ccc(CC)cc2)cc1OC. The Kier molecular flexibility index (Phi) is 7.14. The zero-order valence-corrected chi connectivity index (χ0v) is 15.1. The minimum atomic E-state index is -0.206. The van der Waals surface area contributed by atoms with Gasteiger partial charge < -0.3 is 20.1 Å². The Bertz CT molecular complexity index is 684. The number of hydrogen-bond donors (Lipinski definition) is 2. The van der Waals surface area contributed by atoms with Gasteiger partial charge in [-0.1, -0.05) is 25.1 Å². The van der Waals surface area contributed by atoms with Crippen LogP contribution in [0.2, 0.25) is 0 Å². The predicted molar refractivity (Wildman–Crippen MR) is 101 cm³/mol. The second kappa shape index (κ2) is 9.57. The molecule has 0 heterocycles. The average Bonchev–Trinajstić information content (AvgIpc) is 2.63. The summed E-state index contributed by atoms with van der Waals surface area (Å²) in [5.74, 6) is 1.44. The van der Waals surface area contributed by atoms with Crippen LogP contribution in [0.1, 0.15) is 25.0 Å². The van der Waals surface area contributed by atoms with Gasteiger partial charge in [0.25, 0.3) is 0 Å². The lowest BCUT2D eigenvalue weighted by molar-refractivity contribution is 0.252. The lowest BCUT2D eigenvalue weighted by Crippen LogP contribution is -2.30. The van der Waals surface area contributed by atoms with Crippen molar-refractivity contribution in [2.75, 3.05) is 25.6 Å². The molecule has 2 amide bonds. The van der Waals surface area contributed by atoms with Crippen LogP contribution in [0.3, 0.4) is 0 Å². The van der Waals surface area contributed by atoms with Crippen LogP contribution < -0.4 is 20.1 Å². The fraction of sp³-hybridized carbons (Fsp3) is 0.350. The van der Waals surface area contributed by atoms with Gasteiger partial charge in [0.1, 0.15) is 0 Å². The lowest BCUT2D eigenvalue weighted by atomic mass is 10.1. The summed E-state index contributed by atoms with van der Waals surface area (Å²) in [7, 11) is 1.62. The van der Waals surface area contributed by atoms with Gasteiger partial charge in [-0.25, -0.2) is 4.79 Å². The van der Waals surface area contributed by atoms with E-state index in [0.29, 0.717) is 25.3 Å². The maximum Gasteiger partial charge on any atom is 0.319 e. The van der Waals surface area contributed by atoms with E-state index in [1.807, 2.05) is 49.4 Å². The standard InChI is InChI=1S/C20H26N2O3/c1-4-15-6-9-17(10-7-15)22-20(23)21-13-12-16-8-11-18(25-5-2)19(14-16)24-3/h6-11,14H,4-5,12-13H2,1-3H3,(H2,21,22,23). The van der Waals surface area contributed by atoms with Gasteiger partial charge in [-0.05, 0) is 55.2 Å². The summed E-state index contributed by atoms with van der Waals surface area (Å²) in [6.45, 7) is 5.17.